The van der Waals surface area contributed by atoms with E-state index in [1.807, 2.05) is 50.6 Å². The van der Waals surface area contributed by atoms with Gasteiger partial charge in [0.2, 0.25) is 5.91 Å². The minimum absolute atomic E-state index is 0.0478. The number of aromatic nitrogens is 1. The Hall–Kier alpha value is -2.96. The lowest BCUT2D eigenvalue weighted by atomic mass is 10.1. The van der Waals surface area contributed by atoms with Crippen LogP contribution < -0.4 is 14.8 Å². The number of carbonyl (C=O) groups is 2. The molecule has 1 aromatic heterocycles. The Bertz CT molecular complexity index is 948. The SMILES string of the molecule is CCOC(=O)c1c(C)c(CCC(=O)NC(C)c2ccc3c(c2)OCCO3)n(C)c1C. The maximum atomic E-state index is 12.6. The van der Waals surface area contributed by atoms with E-state index in [0.29, 0.717) is 44.0 Å². The Morgan fingerprint density at radius 2 is 1.90 bits per heavy atom. The summed E-state index contributed by atoms with van der Waals surface area (Å²) < 4.78 is 18.3. The first-order valence-corrected chi connectivity index (χ1v) is 10.3. The molecule has 162 valence electrons. The van der Waals surface area contributed by atoms with Crippen LogP contribution in [0.25, 0.3) is 0 Å². The molecular formula is C23H30N2O5. The summed E-state index contributed by atoms with van der Waals surface area (Å²) in [6, 6.07) is 5.57. The summed E-state index contributed by atoms with van der Waals surface area (Å²) in [5, 5.41) is 3.04. The number of nitrogens with one attached hydrogen (secondary N) is 1. The average Bonchev–Trinajstić information content (AvgIpc) is 2.94. The molecule has 0 radical (unpaired) electrons. The Kier molecular flexibility index (Phi) is 6.70. The van der Waals surface area contributed by atoms with Crippen molar-refractivity contribution >= 4 is 11.9 Å². The van der Waals surface area contributed by atoms with Crippen molar-refractivity contribution in [1.82, 2.24) is 9.88 Å². The quantitative estimate of drug-likeness (QED) is 0.703. The Balaban J connectivity index is 1.63. The maximum absolute atomic E-state index is 12.6. The van der Waals surface area contributed by atoms with Gasteiger partial charge >= 0.3 is 5.97 Å². The second-order valence-electron chi connectivity index (χ2n) is 7.50. The van der Waals surface area contributed by atoms with E-state index in [4.69, 9.17) is 14.2 Å². The standard InChI is InChI=1S/C23H30N2O5/c1-6-28-23(27)22-14(2)18(25(5)16(22)4)8-10-21(26)24-15(3)17-7-9-19-20(13-17)30-12-11-29-19/h7,9,13,15H,6,8,10-12H2,1-5H3,(H,24,26). The number of fused-ring (bicyclic) bond motifs is 1. The maximum Gasteiger partial charge on any atom is 0.340 e. The third-order valence-electron chi connectivity index (χ3n) is 5.59. The third-order valence-corrected chi connectivity index (χ3v) is 5.59. The van der Waals surface area contributed by atoms with Crippen LogP contribution in [0.2, 0.25) is 0 Å². The van der Waals surface area contributed by atoms with Crippen molar-refractivity contribution in [3.8, 4) is 11.5 Å². The number of benzene rings is 1. The van der Waals surface area contributed by atoms with Gasteiger partial charge in [0.05, 0.1) is 18.2 Å². The number of amides is 1. The summed E-state index contributed by atoms with van der Waals surface area (Å²) in [5.74, 6) is 1.08. The number of carbonyl (C=O) groups excluding carboxylic acids is 2. The predicted molar refractivity (Wildman–Crippen MR) is 113 cm³/mol. The summed E-state index contributed by atoms with van der Waals surface area (Å²) in [7, 11) is 1.91. The van der Waals surface area contributed by atoms with Crippen LogP contribution in [0.15, 0.2) is 18.2 Å². The molecule has 0 saturated carbocycles. The molecule has 1 N–H and O–H groups in total. The van der Waals surface area contributed by atoms with Crippen molar-refractivity contribution in [2.45, 2.75) is 46.6 Å². The molecule has 0 spiro atoms. The van der Waals surface area contributed by atoms with Crippen LogP contribution in [0, 0.1) is 13.8 Å². The highest BCUT2D eigenvalue weighted by molar-refractivity contribution is 5.93. The fourth-order valence-electron chi connectivity index (χ4n) is 3.85. The molecule has 1 amide bonds. The van der Waals surface area contributed by atoms with Gasteiger partial charge in [-0.25, -0.2) is 4.79 Å². The second kappa shape index (κ2) is 9.24. The number of rotatable bonds is 7. The zero-order valence-electron chi connectivity index (χ0n) is 18.3. The molecule has 1 aliphatic rings. The van der Waals surface area contributed by atoms with E-state index in [-0.39, 0.29) is 17.9 Å². The van der Waals surface area contributed by atoms with E-state index >= 15 is 0 Å². The van der Waals surface area contributed by atoms with E-state index in [0.717, 1.165) is 28.3 Å². The lowest BCUT2D eigenvalue weighted by Gasteiger charge is -2.21. The summed E-state index contributed by atoms with van der Waals surface area (Å²) in [6.45, 7) is 8.95. The van der Waals surface area contributed by atoms with Crippen molar-refractivity contribution in [2.75, 3.05) is 19.8 Å². The first kappa shape index (κ1) is 21.7. The molecule has 1 atom stereocenters. The molecule has 30 heavy (non-hydrogen) atoms. The van der Waals surface area contributed by atoms with Crippen LogP contribution in [0.3, 0.4) is 0 Å². The smallest absolute Gasteiger partial charge is 0.340 e. The molecule has 0 aliphatic carbocycles. The van der Waals surface area contributed by atoms with Gasteiger partial charge in [-0.15, -0.1) is 0 Å². The van der Waals surface area contributed by atoms with Gasteiger partial charge in [-0.1, -0.05) is 6.07 Å². The number of hydrogen-bond acceptors (Lipinski definition) is 5. The Morgan fingerprint density at radius 3 is 2.60 bits per heavy atom. The van der Waals surface area contributed by atoms with E-state index in [1.54, 1.807) is 6.92 Å². The van der Waals surface area contributed by atoms with Crippen LogP contribution in [0.4, 0.5) is 0 Å². The van der Waals surface area contributed by atoms with E-state index in [9.17, 15) is 9.59 Å². The van der Waals surface area contributed by atoms with Gasteiger partial charge in [0.25, 0.3) is 0 Å². The lowest BCUT2D eigenvalue weighted by Crippen LogP contribution is -2.27. The molecule has 0 bridgehead atoms. The lowest BCUT2D eigenvalue weighted by molar-refractivity contribution is -0.121. The molecule has 1 aliphatic heterocycles. The minimum Gasteiger partial charge on any atom is -0.486 e. The zero-order chi connectivity index (χ0) is 21.8. The zero-order valence-corrected chi connectivity index (χ0v) is 18.3. The van der Waals surface area contributed by atoms with E-state index in [1.165, 1.54) is 0 Å². The van der Waals surface area contributed by atoms with Gasteiger partial charge in [-0.2, -0.15) is 0 Å². The fraction of sp³-hybridized carbons (Fsp3) is 0.478. The second-order valence-corrected chi connectivity index (χ2v) is 7.50. The molecule has 2 heterocycles. The molecule has 7 heteroatoms. The highest BCUT2D eigenvalue weighted by atomic mass is 16.6. The van der Waals surface area contributed by atoms with Gasteiger partial charge in [0.1, 0.15) is 13.2 Å². The summed E-state index contributed by atoms with van der Waals surface area (Å²) >= 11 is 0. The van der Waals surface area contributed by atoms with Crippen molar-refractivity contribution in [3.63, 3.8) is 0 Å². The van der Waals surface area contributed by atoms with Crippen LogP contribution in [-0.4, -0.2) is 36.3 Å². The summed E-state index contributed by atoms with van der Waals surface area (Å²) in [5.41, 5.74) is 4.26. The number of ether oxygens (including phenoxy) is 3. The monoisotopic (exact) mass is 414 g/mol. The highest BCUT2D eigenvalue weighted by Crippen LogP contribution is 2.32. The summed E-state index contributed by atoms with van der Waals surface area (Å²) in [4.78, 5) is 24.8. The molecule has 2 aromatic rings. The summed E-state index contributed by atoms with van der Waals surface area (Å²) in [6.07, 6.45) is 0.873. The topological polar surface area (TPSA) is 78.8 Å². The molecule has 3 rings (SSSR count). The highest BCUT2D eigenvalue weighted by Gasteiger charge is 2.22. The third kappa shape index (κ3) is 4.45. The molecule has 1 unspecified atom stereocenters. The predicted octanol–water partition coefficient (Wildman–Crippen LogP) is 3.40. The van der Waals surface area contributed by atoms with Crippen LogP contribution in [0.1, 0.15) is 59.2 Å². The van der Waals surface area contributed by atoms with Crippen LogP contribution in [-0.2, 0) is 23.0 Å². The van der Waals surface area contributed by atoms with Crippen molar-refractivity contribution in [3.05, 3.63) is 46.3 Å². The minimum atomic E-state index is -0.314. The molecule has 0 fully saturated rings. The average molecular weight is 415 g/mol. The van der Waals surface area contributed by atoms with Crippen molar-refractivity contribution in [1.29, 1.82) is 0 Å². The molecule has 0 saturated heterocycles. The molecule has 1 aromatic carbocycles. The normalized spacial score (nSPS) is 13.6. The van der Waals surface area contributed by atoms with E-state index < -0.39 is 0 Å². The number of esters is 1. The van der Waals surface area contributed by atoms with Crippen LogP contribution >= 0.6 is 0 Å². The van der Waals surface area contributed by atoms with Crippen LogP contribution in [0.5, 0.6) is 11.5 Å². The van der Waals surface area contributed by atoms with Crippen molar-refractivity contribution < 1.29 is 23.8 Å². The number of nitrogens with zero attached hydrogens (tertiary/aromatic N) is 1. The van der Waals surface area contributed by atoms with Crippen molar-refractivity contribution in [2.24, 2.45) is 7.05 Å². The van der Waals surface area contributed by atoms with Gasteiger partial charge in [0.15, 0.2) is 11.5 Å². The fourth-order valence-corrected chi connectivity index (χ4v) is 3.85. The first-order valence-electron chi connectivity index (χ1n) is 10.3. The number of hydrogen-bond donors (Lipinski definition) is 1. The Morgan fingerprint density at radius 1 is 1.20 bits per heavy atom. The molecular weight excluding hydrogens is 384 g/mol. The molecule has 7 nitrogen and oxygen atoms in total. The van der Waals surface area contributed by atoms with Gasteiger partial charge in [0, 0.05) is 24.9 Å². The van der Waals surface area contributed by atoms with E-state index in [2.05, 4.69) is 5.32 Å². The first-order chi connectivity index (χ1) is 14.3. The largest absolute Gasteiger partial charge is 0.486 e. The Labute approximate surface area is 177 Å². The van der Waals surface area contributed by atoms with Gasteiger partial charge in [-0.05, 0) is 57.4 Å². The van der Waals surface area contributed by atoms with Gasteiger partial charge < -0.3 is 24.1 Å². The van der Waals surface area contributed by atoms with Gasteiger partial charge in [-0.3, -0.25) is 4.79 Å².